The standard InChI is InChI=1S/C17H21N3/c1-12-6-5-7-13(10-12)17-19-11-14-15(18-2)8-3-4-9-16(14)20-17/h5-7,10-11,15,18H,3-4,8-9H2,1-2H3. The van der Waals surface area contributed by atoms with Crippen LogP contribution in [0.4, 0.5) is 0 Å². The van der Waals surface area contributed by atoms with Crippen LogP contribution in [0, 0.1) is 6.92 Å². The largest absolute Gasteiger partial charge is 0.313 e. The Bertz CT molecular complexity index is 607. The van der Waals surface area contributed by atoms with Gasteiger partial charge in [-0.25, -0.2) is 9.97 Å². The second kappa shape index (κ2) is 5.71. The maximum Gasteiger partial charge on any atom is 0.159 e. The average Bonchev–Trinajstić information content (AvgIpc) is 2.68. The van der Waals surface area contributed by atoms with Crippen molar-refractivity contribution in [2.24, 2.45) is 0 Å². The molecule has 2 aromatic rings. The third kappa shape index (κ3) is 2.59. The molecular formula is C17H21N3. The maximum atomic E-state index is 4.83. The first-order chi connectivity index (χ1) is 9.78. The number of hydrogen-bond acceptors (Lipinski definition) is 3. The first-order valence-corrected chi connectivity index (χ1v) is 7.38. The number of hydrogen-bond donors (Lipinski definition) is 1. The van der Waals surface area contributed by atoms with Crippen molar-refractivity contribution in [3.05, 3.63) is 47.3 Å². The van der Waals surface area contributed by atoms with Crippen LogP contribution in [0.2, 0.25) is 0 Å². The Morgan fingerprint density at radius 3 is 2.95 bits per heavy atom. The van der Waals surface area contributed by atoms with E-state index in [9.17, 15) is 0 Å². The van der Waals surface area contributed by atoms with Gasteiger partial charge in [0.25, 0.3) is 0 Å². The topological polar surface area (TPSA) is 37.8 Å². The van der Waals surface area contributed by atoms with Crippen LogP contribution in [0.3, 0.4) is 0 Å². The van der Waals surface area contributed by atoms with Gasteiger partial charge in [0.1, 0.15) is 0 Å². The first kappa shape index (κ1) is 13.3. The van der Waals surface area contributed by atoms with Gasteiger partial charge in [-0.1, -0.05) is 30.2 Å². The normalized spacial score (nSPS) is 18.4. The van der Waals surface area contributed by atoms with Crippen LogP contribution in [0.5, 0.6) is 0 Å². The highest BCUT2D eigenvalue weighted by Crippen LogP contribution is 2.28. The minimum atomic E-state index is 0.402. The molecule has 1 heterocycles. The van der Waals surface area contributed by atoms with Gasteiger partial charge in [0, 0.05) is 29.1 Å². The van der Waals surface area contributed by atoms with Gasteiger partial charge in [-0.05, 0) is 39.3 Å². The summed E-state index contributed by atoms with van der Waals surface area (Å²) in [7, 11) is 2.02. The second-order valence-electron chi connectivity index (χ2n) is 5.55. The number of nitrogens with zero attached hydrogens (tertiary/aromatic N) is 2. The predicted molar refractivity (Wildman–Crippen MR) is 81.6 cm³/mol. The van der Waals surface area contributed by atoms with Crippen LogP contribution < -0.4 is 5.32 Å². The van der Waals surface area contributed by atoms with Crippen molar-refractivity contribution < 1.29 is 0 Å². The molecule has 1 unspecified atom stereocenters. The lowest BCUT2D eigenvalue weighted by Gasteiger charge is -2.16. The summed E-state index contributed by atoms with van der Waals surface area (Å²) in [5.74, 6) is 0.851. The van der Waals surface area contributed by atoms with Crippen molar-refractivity contribution in [2.45, 2.75) is 38.6 Å². The first-order valence-electron chi connectivity index (χ1n) is 7.38. The smallest absolute Gasteiger partial charge is 0.159 e. The zero-order valence-corrected chi connectivity index (χ0v) is 12.2. The molecule has 3 heteroatoms. The van der Waals surface area contributed by atoms with Gasteiger partial charge in [-0.15, -0.1) is 0 Å². The summed E-state index contributed by atoms with van der Waals surface area (Å²) in [6.45, 7) is 2.10. The summed E-state index contributed by atoms with van der Waals surface area (Å²) < 4.78 is 0. The van der Waals surface area contributed by atoms with E-state index in [1.54, 1.807) is 0 Å². The van der Waals surface area contributed by atoms with Crippen LogP contribution >= 0.6 is 0 Å². The fraction of sp³-hybridized carbons (Fsp3) is 0.412. The third-order valence-electron chi connectivity index (χ3n) is 4.06. The molecule has 20 heavy (non-hydrogen) atoms. The minimum Gasteiger partial charge on any atom is -0.313 e. The summed E-state index contributed by atoms with van der Waals surface area (Å²) in [5.41, 5.74) is 4.85. The molecule has 0 spiro atoms. The van der Waals surface area contributed by atoms with Crippen LogP contribution in [0.15, 0.2) is 30.5 Å². The lowest BCUT2D eigenvalue weighted by atomic mass is 10.0. The molecule has 0 amide bonds. The third-order valence-corrected chi connectivity index (χ3v) is 4.06. The molecule has 1 aromatic heterocycles. The summed E-state index contributed by atoms with van der Waals surface area (Å²) in [6, 6.07) is 8.80. The number of nitrogens with one attached hydrogen (secondary N) is 1. The molecule has 1 atom stereocenters. The molecule has 0 aliphatic heterocycles. The Balaban J connectivity index is 2.02. The van der Waals surface area contributed by atoms with E-state index in [4.69, 9.17) is 4.98 Å². The number of aromatic nitrogens is 2. The second-order valence-corrected chi connectivity index (χ2v) is 5.55. The molecule has 1 aliphatic rings. The quantitative estimate of drug-likeness (QED) is 0.847. The van der Waals surface area contributed by atoms with Gasteiger partial charge < -0.3 is 5.32 Å². The Kier molecular flexibility index (Phi) is 3.79. The van der Waals surface area contributed by atoms with E-state index in [-0.39, 0.29) is 0 Å². The molecule has 1 N–H and O–H groups in total. The van der Waals surface area contributed by atoms with E-state index in [1.807, 2.05) is 13.2 Å². The van der Waals surface area contributed by atoms with Crippen LogP contribution in [0.1, 0.15) is 42.1 Å². The van der Waals surface area contributed by atoms with Crippen molar-refractivity contribution in [3.63, 3.8) is 0 Å². The number of rotatable bonds is 2. The SMILES string of the molecule is CNC1CCCCc2nc(-c3cccc(C)c3)ncc21. The lowest BCUT2D eigenvalue weighted by Crippen LogP contribution is -2.17. The Hall–Kier alpha value is -1.74. The Labute approximate surface area is 120 Å². The fourth-order valence-electron chi connectivity index (χ4n) is 2.94. The van der Waals surface area contributed by atoms with Crippen molar-refractivity contribution in [1.82, 2.24) is 15.3 Å². The molecule has 0 saturated heterocycles. The van der Waals surface area contributed by atoms with Gasteiger partial charge in [0.05, 0.1) is 0 Å². The average molecular weight is 267 g/mol. The monoisotopic (exact) mass is 267 g/mol. The van der Waals surface area contributed by atoms with E-state index >= 15 is 0 Å². The highest BCUT2D eigenvalue weighted by atomic mass is 14.9. The molecule has 3 rings (SSSR count). The van der Waals surface area contributed by atoms with Crippen LogP contribution in [-0.4, -0.2) is 17.0 Å². The van der Waals surface area contributed by atoms with Gasteiger partial charge in [0.2, 0.25) is 0 Å². The van der Waals surface area contributed by atoms with E-state index in [0.29, 0.717) is 6.04 Å². The molecule has 1 aromatic carbocycles. The molecular weight excluding hydrogens is 246 g/mol. The Morgan fingerprint density at radius 2 is 2.15 bits per heavy atom. The fourth-order valence-corrected chi connectivity index (χ4v) is 2.94. The Morgan fingerprint density at radius 1 is 1.25 bits per heavy atom. The van der Waals surface area contributed by atoms with Gasteiger partial charge in [-0.3, -0.25) is 0 Å². The van der Waals surface area contributed by atoms with E-state index in [0.717, 1.165) is 17.8 Å². The molecule has 0 fully saturated rings. The number of benzene rings is 1. The van der Waals surface area contributed by atoms with Crippen molar-refractivity contribution in [1.29, 1.82) is 0 Å². The summed E-state index contributed by atoms with van der Waals surface area (Å²) in [4.78, 5) is 9.42. The van der Waals surface area contributed by atoms with Gasteiger partial charge >= 0.3 is 0 Å². The zero-order chi connectivity index (χ0) is 13.9. The molecule has 1 aliphatic carbocycles. The van der Waals surface area contributed by atoms with Crippen LogP contribution in [0.25, 0.3) is 11.4 Å². The van der Waals surface area contributed by atoms with E-state index < -0.39 is 0 Å². The summed E-state index contributed by atoms with van der Waals surface area (Å²) in [5, 5.41) is 3.39. The lowest BCUT2D eigenvalue weighted by molar-refractivity contribution is 0.532. The van der Waals surface area contributed by atoms with Crippen LogP contribution in [-0.2, 0) is 6.42 Å². The minimum absolute atomic E-state index is 0.402. The van der Waals surface area contributed by atoms with Crippen molar-refractivity contribution in [2.75, 3.05) is 7.05 Å². The van der Waals surface area contributed by atoms with Gasteiger partial charge in [0.15, 0.2) is 5.82 Å². The highest BCUT2D eigenvalue weighted by molar-refractivity contribution is 5.56. The summed E-state index contributed by atoms with van der Waals surface area (Å²) in [6.07, 6.45) is 6.73. The van der Waals surface area contributed by atoms with Crippen molar-refractivity contribution in [3.8, 4) is 11.4 Å². The molecule has 3 nitrogen and oxygen atoms in total. The highest BCUT2D eigenvalue weighted by Gasteiger charge is 2.19. The zero-order valence-electron chi connectivity index (χ0n) is 12.2. The molecule has 0 saturated carbocycles. The molecule has 104 valence electrons. The summed E-state index contributed by atoms with van der Waals surface area (Å²) >= 11 is 0. The predicted octanol–water partition coefficient (Wildman–Crippen LogP) is 3.44. The van der Waals surface area contributed by atoms with Gasteiger partial charge in [-0.2, -0.15) is 0 Å². The molecule has 0 bridgehead atoms. The number of aryl methyl sites for hydroxylation is 2. The molecule has 0 radical (unpaired) electrons. The number of fused-ring (bicyclic) bond motifs is 1. The van der Waals surface area contributed by atoms with Crippen molar-refractivity contribution >= 4 is 0 Å². The van der Waals surface area contributed by atoms with E-state index in [2.05, 4.69) is 41.5 Å². The van der Waals surface area contributed by atoms with E-state index in [1.165, 1.54) is 36.1 Å². The maximum absolute atomic E-state index is 4.83.